The molecule has 0 saturated heterocycles. The van der Waals surface area contributed by atoms with Crippen molar-refractivity contribution >= 4 is 17.3 Å². The number of carbonyl (C=O) groups excluding carboxylic acids is 1. The first-order chi connectivity index (χ1) is 10.5. The second-order valence-electron chi connectivity index (χ2n) is 4.42. The number of anilines is 1. The lowest BCUT2D eigenvalue weighted by Gasteiger charge is -2.10. The number of ether oxygens (including phenoxy) is 1. The zero-order valence-corrected chi connectivity index (χ0v) is 11.8. The van der Waals surface area contributed by atoms with Crippen LogP contribution in [0.1, 0.15) is 15.9 Å². The number of nitro groups is 1. The Morgan fingerprint density at radius 1 is 1.41 bits per heavy atom. The molecule has 0 saturated carbocycles. The standard InChI is InChI=1S/C14H14N4O4/c1-22-14(19)8-2-3-10(9(6-8)7-15)12-13(18(20)21)11(16)4-5-17-12/h2-6H,7,15H2,1H3,(H2,16,17). The summed E-state index contributed by atoms with van der Waals surface area (Å²) < 4.78 is 4.64. The van der Waals surface area contributed by atoms with Crippen LogP contribution in [0.3, 0.4) is 0 Å². The van der Waals surface area contributed by atoms with E-state index in [0.717, 1.165) is 0 Å². The Labute approximate surface area is 125 Å². The van der Waals surface area contributed by atoms with Gasteiger partial charge in [-0.15, -0.1) is 0 Å². The number of aromatic nitrogens is 1. The van der Waals surface area contributed by atoms with Crippen LogP contribution < -0.4 is 11.5 Å². The lowest BCUT2D eigenvalue weighted by atomic mass is 9.99. The Bertz CT molecular complexity index is 746. The predicted molar refractivity (Wildman–Crippen MR) is 80.0 cm³/mol. The van der Waals surface area contributed by atoms with Gasteiger partial charge < -0.3 is 16.2 Å². The fourth-order valence-corrected chi connectivity index (χ4v) is 2.10. The molecule has 0 aliphatic rings. The van der Waals surface area contributed by atoms with Crippen LogP contribution in [0.2, 0.25) is 0 Å². The van der Waals surface area contributed by atoms with Gasteiger partial charge in [0, 0.05) is 18.3 Å². The topological polar surface area (TPSA) is 134 Å². The van der Waals surface area contributed by atoms with Gasteiger partial charge in [-0.25, -0.2) is 9.78 Å². The molecular weight excluding hydrogens is 288 g/mol. The van der Waals surface area contributed by atoms with Gasteiger partial charge in [-0.3, -0.25) is 10.1 Å². The molecule has 0 aliphatic heterocycles. The molecule has 4 N–H and O–H groups in total. The summed E-state index contributed by atoms with van der Waals surface area (Å²) in [6, 6.07) is 5.92. The van der Waals surface area contributed by atoms with Crippen molar-refractivity contribution in [2.75, 3.05) is 12.8 Å². The number of carbonyl (C=O) groups is 1. The number of hydrogen-bond acceptors (Lipinski definition) is 7. The van der Waals surface area contributed by atoms with Crippen molar-refractivity contribution < 1.29 is 14.5 Å². The zero-order valence-electron chi connectivity index (χ0n) is 11.8. The molecule has 2 rings (SSSR count). The van der Waals surface area contributed by atoms with Crippen LogP contribution in [0, 0.1) is 10.1 Å². The normalized spacial score (nSPS) is 10.3. The molecule has 0 amide bonds. The van der Waals surface area contributed by atoms with Crippen LogP contribution in [0.5, 0.6) is 0 Å². The summed E-state index contributed by atoms with van der Waals surface area (Å²) in [7, 11) is 1.27. The highest BCUT2D eigenvalue weighted by Crippen LogP contribution is 2.34. The number of nitrogen functional groups attached to an aromatic ring is 1. The van der Waals surface area contributed by atoms with Crippen LogP contribution in [0.25, 0.3) is 11.3 Å². The van der Waals surface area contributed by atoms with E-state index in [1.807, 2.05) is 0 Å². The van der Waals surface area contributed by atoms with Crippen molar-refractivity contribution in [2.24, 2.45) is 5.73 Å². The molecule has 2 aromatic rings. The van der Waals surface area contributed by atoms with E-state index in [9.17, 15) is 14.9 Å². The number of hydrogen-bond donors (Lipinski definition) is 2. The third-order valence-corrected chi connectivity index (χ3v) is 3.14. The van der Waals surface area contributed by atoms with E-state index in [4.69, 9.17) is 11.5 Å². The van der Waals surface area contributed by atoms with Crippen molar-refractivity contribution in [3.05, 3.63) is 51.7 Å². The minimum Gasteiger partial charge on any atom is -0.465 e. The van der Waals surface area contributed by atoms with Crippen LogP contribution >= 0.6 is 0 Å². The van der Waals surface area contributed by atoms with Gasteiger partial charge in [-0.2, -0.15) is 0 Å². The largest absolute Gasteiger partial charge is 0.465 e. The number of pyridine rings is 1. The highest BCUT2D eigenvalue weighted by atomic mass is 16.6. The SMILES string of the molecule is COC(=O)c1ccc(-c2nccc(N)c2[N+](=O)[O-])c(CN)c1. The fraction of sp³-hybridized carbons (Fsp3) is 0.143. The zero-order chi connectivity index (χ0) is 16.3. The van der Waals surface area contributed by atoms with Gasteiger partial charge in [0.15, 0.2) is 5.69 Å². The van der Waals surface area contributed by atoms with Gasteiger partial charge in [-0.05, 0) is 23.8 Å². The van der Waals surface area contributed by atoms with Gasteiger partial charge >= 0.3 is 11.7 Å². The van der Waals surface area contributed by atoms with Crippen molar-refractivity contribution in [1.29, 1.82) is 0 Å². The van der Waals surface area contributed by atoms with E-state index in [1.165, 1.54) is 31.5 Å². The molecule has 0 unspecified atom stereocenters. The van der Waals surface area contributed by atoms with Gasteiger partial charge in [0.1, 0.15) is 5.69 Å². The minimum absolute atomic E-state index is 0.00927. The first kappa shape index (κ1) is 15.4. The summed E-state index contributed by atoms with van der Waals surface area (Å²) in [5.41, 5.74) is 12.5. The molecule has 1 aromatic heterocycles. The maximum atomic E-state index is 11.6. The summed E-state index contributed by atoms with van der Waals surface area (Å²) in [5.74, 6) is -0.517. The number of rotatable bonds is 4. The van der Waals surface area contributed by atoms with E-state index in [2.05, 4.69) is 9.72 Å². The van der Waals surface area contributed by atoms with Crippen molar-refractivity contribution in [3.63, 3.8) is 0 Å². The molecule has 0 fully saturated rings. The quantitative estimate of drug-likeness (QED) is 0.496. The van der Waals surface area contributed by atoms with E-state index in [1.54, 1.807) is 6.07 Å². The van der Waals surface area contributed by atoms with Crippen LogP contribution in [-0.2, 0) is 11.3 Å². The van der Waals surface area contributed by atoms with Crippen molar-refractivity contribution in [3.8, 4) is 11.3 Å². The average Bonchev–Trinajstić information content (AvgIpc) is 2.52. The lowest BCUT2D eigenvalue weighted by molar-refractivity contribution is -0.383. The maximum absolute atomic E-state index is 11.6. The summed E-state index contributed by atoms with van der Waals surface area (Å²) in [6.45, 7) is 0.0772. The molecule has 0 atom stereocenters. The Kier molecular flexibility index (Phi) is 4.33. The highest BCUT2D eigenvalue weighted by molar-refractivity contribution is 5.91. The molecule has 0 bridgehead atoms. The van der Waals surface area contributed by atoms with E-state index in [0.29, 0.717) is 16.7 Å². The number of benzene rings is 1. The third kappa shape index (κ3) is 2.72. The molecule has 8 heteroatoms. The minimum atomic E-state index is -0.591. The highest BCUT2D eigenvalue weighted by Gasteiger charge is 2.23. The molecule has 1 aromatic carbocycles. The van der Waals surface area contributed by atoms with E-state index >= 15 is 0 Å². The van der Waals surface area contributed by atoms with Crippen LogP contribution in [-0.4, -0.2) is 23.0 Å². The Morgan fingerprint density at radius 3 is 2.73 bits per heavy atom. The average molecular weight is 302 g/mol. The Morgan fingerprint density at radius 2 is 2.14 bits per heavy atom. The summed E-state index contributed by atoms with van der Waals surface area (Å²) in [4.78, 5) is 26.2. The summed E-state index contributed by atoms with van der Waals surface area (Å²) >= 11 is 0. The first-order valence-electron chi connectivity index (χ1n) is 6.30. The third-order valence-electron chi connectivity index (χ3n) is 3.14. The number of esters is 1. The molecular formula is C14H14N4O4. The molecule has 8 nitrogen and oxygen atoms in total. The molecule has 0 radical (unpaired) electrons. The van der Waals surface area contributed by atoms with Gasteiger partial charge in [0.05, 0.1) is 17.6 Å². The predicted octanol–water partition coefficient (Wildman–Crippen LogP) is 1.48. The first-order valence-corrected chi connectivity index (χ1v) is 6.30. The smallest absolute Gasteiger partial charge is 0.337 e. The second-order valence-corrected chi connectivity index (χ2v) is 4.42. The maximum Gasteiger partial charge on any atom is 0.337 e. The second kappa shape index (κ2) is 6.19. The molecule has 0 spiro atoms. The number of nitrogens with zero attached hydrogens (tertiary/aromatic N) is 2. The van der Waals surface area contributed by atoms with Gasteiger partial charge in [0.2, 0.25) is 0 Å². The van der Waals surface area contributed by atoms with Crippen LogP contribution in [0.4, 0.5) is 11.4 Å². The Hall–Kier alpha value is -3.00. The summed E-state index contributed by atoms with van der Waals surface area (Å²) in [5, 5.41) is 11.2. The summed E-state index contributed by atoms with van der Waals surface area (Å²) in [6.07, 6.45) is 1.38. The Balaban J connectivity index is 2.66. The molecule has 1 heterocycles. The lowest BCUT2D eigenvalue weighted by Crippen LogP contribution is -2.07. The van der Waals surface area contributed by atoms with Gasteiger partial charge in [0.25, 0.3) is 0 Å². The number of methoxy groups -OCH3 is 1. The molecule has 114 valence electrons. The van der Waals surface area contributed by atoms with Crippen molar-refractivity contribution in [2.45, 2.75) is 6.54 Å². The monoisotopic (exact) mass is 302 g/mol. The molecule has 22 heavy (non-hydrogen) atoms. The van der Waals surface area contributed by atoms with E-state index in [-0.39, 0.29) is 23.6 Å². The van der Waals surface area contributed by atoms with Crippen LogP contribution in [0.15, 0.2) is 30.5 Å². The van der Waals surface area contributed by atoms with Crippen molar-refractivity contribution in [1.82, 2.24) is 4.98 Å². The molecule has 0 aliphatic carbocycles. The van der Waals surface area contributed by atoms with E-state index < -0.39 is 10.9 Å². The van der Waals surface area contributed by atoms with Gasteiger partial charge in [-0.1, -0.05) is 6.07 Å². The number of nitrogens with two attached hydrogens (primary N) is 2. The fourth-order valence-electron chi connectivity index (χ4n) is 2.10.